The zero-order chi connectivity index (χ0) is 11.5. The van der Waals surface area contributed by atoms with Gasteiger partial charge in [0.1, 0.15) is 5.82 Å². The molecular weight excluding hydrogens is 224 g/mol. The van der Waals surface area contributed by atoms with Crippen molar-refractivity contribution >= 4 is 23.2 Å². The fourth-order valence-corrected chi connectivity index (χ4v) is 1.87. The van der Waals surface area contributed by atoms with Crippen molar-refractivity contribution in [1.29, 1.82) is 0 Å². The molecular formula is C10H10N4OS. The van der Waals surface area contributed by atoms with E-state index in [9.17, 15) is 4.79 Å². The van der Waals surface area contributed by atoms with Crippen molar-refractivity contribution in [1.82, 2.24) is 15.0 Å². The molecule has 0 radical (unpaired) electrons. The Morgan fingerprint density at radius 1 is 1.38 bits per heavy atom. The SMILES string of the molecule is CC(=O)Nc1nc(C)nc(-c2cccs2)n1. The number of carbonyl (C=O) groups excluding carboxylic acids is 1. The first-order valence-corrected chi connectivity index (χ1v) is 5.57. The third-order valence-corrected chi connectivity index (χ3v) is 2.64. The van der Waals surface area contributed by atoms with E-state index in [0.29, 0.717) is 17.6 Å². The van der Waals surface area contributed by atoms with Crippen molar-refractivity contribution in [2.45, 2.75) is 13.8 Å². The average molecular weight is 234 g/mol. The van der Waals surface area contributed by atoms with Gasteiger partial charge < -0.3 is 0 Å². The van der Waals surface area contributed by atoms with E-state index >= 15 is 0 Å². The number of amides is 1. The van der Waals surface area contributed by atoms with E-state index in [2.05, 4.69) is 20.3 Å². The number of anilines is 1. The molecule has 2 aromatic heterocycles. The summed E-state index contributed by atoms with van der Waals surface area (Å²) in [6.07, 6.45) is 0. The van der Waals surface area contributed by atoms with Crippen molar-refractivity contribution in [3.63, 3.8) is 0 Å². The van der Waals surface area contributed by atoms with Crippen LogP contribution in [0.5, 0.6) is 0 Å². The summed E-state index contributed by atoms with van der Waals surface area (Å²) in [4.78, 5) is 24.3. The van der Waals surface area contributed by atoms with Gasteiger partial charge in [-0.15, -0.1) is 11.3 Å². The summed E-state index contributed by atoms with van der Waals surface area (Å²) in [6.45, 7) is 3.19. The molecule has 82 valence electrons. The highest BCUT2D eigenvalue weighted by atomic mass is 32.1. The fourth-order valence-electron chi connectivity index (χ4n) is 1.21. The molecule has 2 rings (SSSR count). The predicted molar refractivity (Wildman–Crippen MR) is 62.2 cm³/mol. The molecule has 0 fully saturated rings. The maximum atomic E-state index is 10.9. The Labute approximate surface area is 96.6 Å². The van der Waals surface area contributed by atoms with Crippen LogP contribution in [-0.2, 0) is 4.79 Å². The summed E-state index contributed by atoms with van der Waals surface area (Å²) in [5.74, 6) is 1.28. The topological polar surface area (TPSA) is 67.8 Å². The number of hydrogen-bond donors (Lipinski definition) is 1. The van der Waals surface area contributed by atoms with Crippen LogP contribution in [0, 0.1) is 6.92 Å². The normalized spacial score (nSPS) is 10.1. The molecule has 6 heteroatoms. The summed E-state index contributed by atoms with van der Waals surface area (Å²) in [5, 5.41) is 4.50. The van der Waals surface area contributed by atoms with Crippen LogP contribution in [-0.4, -0.2) is 20.9 Å². The van der Waals surface area contributed by atoms with Gasteiger partial charge in [0.05, 0.1) is 4.88 Å². The van der Waals surface area contributed by atoms with Crippen LogP contribution in [0.2, 0.25) is 0 Å². The lowest BCUT2D eigenvalue weighted by atomic mass is 10.4. The van der Waals surface area contributed by atoms with Gasteiger partial charge in [0.2, 0.25) is 11.9 Å². The summed E-state index contributed by atoms with van der Waals surface area (Å²) in [7, 11) is 0. The molecule has 0 aliphatic carbocycles. The van der Waals surface area contributed by atoms with Crippen LogP contribution < -0.4 is 5.32 Å². The standard InChI is InChI=1S/C10H10N4OS/c1-6-11-9(8-4-3-5-16-8)14-10(12-6)13-7(2)15/h3-5H,1-2H3,(H,11,12,13,14,15). The number of aromatic nitrogens is 3. The summed E-state index contributed by atoms with van der Waals surface area (Å²) >= 11 is 1.55. The molecule has 2 heterocycles. The van der Waals surface area contributed by atoms with Gasteiger partial charge in [0.15, 0.2) is 5.82 Å². The largest absolute Gasteiger partial charge is 0.295 e. The number of aryl methyl sites for hydroxylation is 1. The van der Waals surface area contributed by atoms with E-state index in [1.807, 2.05) is 17.5 Å². The van der Waals surface area contributed by atoms with Crippen molar-refractivity contribution in [3.8, 4) is 10.7 Å². The van der Waals surface area contributed by atoms with Gasteiger partial charge in [-0.25, -0.2) is 4.98 Å². The number of hydrogen-bond acceptors (Lipinski definition) is 5. The minimum Gasteiger partial charge on any atom is -0.295 e. The summed E-state index contributed by atoms with van der Waals surface area (Å²) < 4.78 is 0. The van der Waals surface area contributed by atoms with Crippen molar-refractivity contribution in [2.75, 3.05) is 5.32 Å². The molecule has 2 aromatic rings. The van der Waals surface area contributed by atoms with E-state index in [1.54, 1.807) is 18.3 Å². The number of thiophene rings is 1. The second-order valence-corrected chi connectivity index (χ2v) is 4.14. The van der Waals surface area contributed by atoms with E-state index in [0.717, 1.165) is 4.88 Å². The summed E-state index contributed by atoms with van der Waals surface area (Å²) in [5.41, 5.74) is 0. The monoisotopic (exact) mass is 234 g/mol. The van der Waals surface area contributed by atoms with Crippen LogP contribution in [0.3, 0.4) is 0 Å². The number of rotatable bonds is 2. The molecule has 0 saturated heterocycles. The minimum atomic E-state index is -0.192. The molecule has 0 saturated carbocycles. The van der Waals surface area contributed by atoms with Crippen LogP contribution in [0.15, 0.2) is 17.5 Å². The Balaban J connectivity index is 2.40. The second kappa shape index (κ2) is 4.36. The highest BCUT2D eigenvalue weighted by Crippen LogP contribution is 2.21. The molecule has 0 aliphatic rings. The fraction of sp³-hybridized carbons (Fsp3) is 0.200. The zero-order valence-electron chi connectivity index (χ0n) is 8.89. The van der Waals surface area contributed by atoms with Gasteiger partial charge in [-0.1, -0.05) is 6.07 Å². The van der Waals surface area contributed by atoms with Gasteiger partial charge in [-0.3, -0.25) is 10.1 Å². The maximum Gasteiger partial charge on any atom is 0.233 e. The lowest BCUT2D eigenvalue weighted by Gasteiger charge is -2.03. The Kier molecular flexibility index (Phi) is 2.91. The molecule has 0 spiro atoms. The summed E-state index contributed by atoms with van der Waals surface area (Å²) in [6, 6.07) is 3.86. The third kappa shape index (κ3) is 2.40. The quantitative estimate of drug-likeness (QED) is 0.861. The number of nitrogens with zero attached hydrogens (tertiary/aromatic N) is 3. The van der Waals surface area contributed by atoms with Crippen molar-refractivity contribution in [2.24, 2.45) is 0 Å². The Morgan fingerprint density at radius 2 is 2.19 bits per heavy atom. The van der Waals surface area contributed by atoms with Gasteiger partial charge >= 0.3 is 0 Å². The lowest BCUT2D eigenvalue weighted by molar-refractivity contribution is -0.114. The second-order valence-electron chi connectivity index (χ2n) is 3.19. The maximum absolute atomic E-state index is 10.9. The van der Waals surface area contributed by atoms with Crippen molar-refractivity contribution in [3.05, 3.63) is 23.3 Å². The minimum absolute atomic E-state index is 0.192. The Hall–Kier alpha value is -1.82. The Morgan fingerprint density at radius 3 is 2.81 bits per heavy atom. The van der Waals surface area contributed by atoms with Crippen LogP contribution in [0.1, 0.15) is 12.7 Å². The first-order valence-electron chi connectivity index (χ1n) is 4.69. The number of carbonyl (C=O) groups is 1. The molecule has 5 nitrogen and oxygen atoms in total. The molecule has 1 amide bonds. The predicted octanol–water partition coefficient (Wildman–Crippen LogP) is 1.87. The van der Waals surface area contributed by atoms with E-state index in [4.69, 9.17) is 0 Å². The molecule has 0 unspecified atom stereocenters. The molecule has 0 atom stereocenters. The Bertz CT molecular complexity index is 510. The first-order chi connectivity index (χ1) is 7.65. The third-order valence-electron chi connectivity index (χ3n) is 1.78. The van der Waals surface area contributed by atoms with Crippen LogP contribution in [0.4, 0.5) is 5.95 Å². The molecule has 0 aliphatic heterocycles. The first kappa shape index (κ1) is 10.7. The highest BCUT2D eigenvalue weighted by Gasteiger charge is 2.07. The van der Waals surface area contributed by atoms with Gasteiger partial charge in [0.25, 0.3) is 0 Å². The van der Waals surface area contributed by atoms with Gasteiger partial charge in [-0.05, 0) is 18.4 Å². The molecule has 0 aromatic carbocycles. The zero-order valence-corrected chi connectivity index (χ0v) is 9.71. The van der Waals surface area contributed by atoms with Crippen LogP contribution >= 0.6 is 11.3 Å². The van der Waals surface area contributed by atoms with Crippen LogP contribution in [0.25, 0.3) is 10.7 Å². The lowest BCUT2D eigenvalue weighted by Crippen LogP contribution is -2.11. The molecule has 0 bridgehead atoms. The smallest absolute Gasteiger partial charge is 0.233 e. The van der Waals surface area contributed by atoms with Crippen molar-refractivity contribution < 1.29 is 4.79 Å². The average Bonchev–Trinajstić information content (AvgIpc) is 2.67. The van der Waals surface area contributed by atoms with E-state index in [-0.39, 0.29) is 5.91 Å². The molecule has 1 N–H and O–H groups in total. The van der Waals surface area contributed by atoms with Gasteiger partial charge in [0, 0.05) is 6.92 Å². The van der Waals surface area contributed by atoms with Gasteiger partial charge in [-0.2, -0.15) is 9.97 Å². The molecule has 16 heavy (non-hydrogen) atoms. The van der Waals surface area contributed by atoms with E-state index in [1.165, 1.54) is 6.92 Å². The van der Waals surface area contributed by atoms with E-state index < -0.39 is 0 Å². The highest BCUT2D eigenvalue weighted by molar-refractivity contribution is 7.13. The number of nitrogens with one attached hydrogen (secondary N) is 1.